The highest BCUT2D eigenvalue weighted by Crippen LogP contribution is 2.34. The minimum Gasteiger partial charge on any atom is -0.491 e. The molecule has 4 rings (SSSR count). The van der Waals surface area contributed by atoms with Crippen LogP contribution in [0.15, 0.2) is 76.0 Å². The first-order chi connectivity index (χ1) is 22.1. The lowest BCUT2D eigenvalue weighted by atomic mass is 10.1. The second-order valence-corrected chi connectivity index (χ2v) is 13.9. The quantitative estimate of drug-likeness (QED) is 0.133. The summed E-state index contributed by atoms with van der Waals surface area (Å²) in [5.74, 6) is -1.50. The Bertz CT molecular complexity index is 1860. The molecule has 0 fully saturated rings. The molecule has 4 aromatic rings. The number of hydrogen-bond acceptors (Lipinski definition) is 8. The summed E-state index contributed by atoms with van der Waals surface area (Å²) in [7, 11) is -4.04. The van der Waals surface area contributed by atoms with E-state index in [1.807, 2.05) is 0 Å². The number of carboxylic acid groups (broad SMARTS) is 1. The van der Waals surface area contributed by atoms with E-state index in [1.165, 1.54) is 12.1 Å². The fraction of sp³-hybridized carbons (Fsp3) is 0.324. The summed E-state index contributed by atoms with van der Waals surface area (Å²) in [5, 5.41) is 15.5. The minimum absolute atomic E-state index is 0.0516. The number of sulfonamides is 1. The number of aliphatic carboxylic acids is 1. The van der Waals surface area contributed by atoms with Crippen LogP contribution in [0.25, 0.3) is 22.1 Å². The molecule has 4 N–H and O–H groups in total. The summed E-state index contributed by atoms with van der Waals surface area (Å²) >= 11 is 0. The van der Waals surface area contributed by atoms with Crippen molar-refractivity contribution in [2.75, 3.05) is 18.5 Å². The van der Waals surface area contributed by atoms with Crippen LogP contribution in [0.1, 0.15) is 50.7 Å². The smallest absolute Gasteiger partial charge is 0.407 e. The highest BCUT2D eigenvalue weighted by molar-refractivity contribution is 7.89. The van der Waals surface area contributed by atoms with Gasteiger partial charge in [-0.25, -0.2) is 13.2 Å². The van der Waals surface area contributed by atoms with Gasteiger partial charge in [-0.15, -0.1) is 0 Å². The molecule has 0 aliphatic carbocycles. The van der Waals surface area contributed by atoms with Crippen molar-refractivity contribution in [3.8, 4) is 16.9 Å². The number of furan rings is 1. The molecular weight excluding hydrogens is 626 g/mol. The SMILES string of the molecule is Cc1c(C(=O)Nc2ccc(-c3ccc(S(=O)(=O)NC(C(=O)O)C(C)C)cc3)cc2)oc2cccc(OCCNC(=O)OC(C)(C)C)c12. The molecule has 0 spiro atoms. The summed E-state index contributed by atoms with van der Waals surface area (Å²) in [6.07, 6.45) is -0.540. The van der Waals surface area contributed by atoms with Crippen molar-refractivity contribution in [1.82, 2.24) is 10.0 Å². The van der Waals surface area contributed by atoms with Gasteiger partial charge >= 0.3 is 12.1 Å². The van der Waals surface area contributed by atoms with Gasteiger partial charge in [-0.05, 0) is 81.1 Å². The summed E-state index contributed by atoms with van der Waals surface area (Å²) in [6, 6.07) is 17.0. The predicted molar refractivity (Wildman–Crippen MR) is 177 cm³/mol. The van der Waals surface area contributed by atoms with E-state index < -0.39 is 45.6 Å². The maximum atomic E-state index is 13.2. The number of carboxylic acids is 1. The van der Waals surface area contributed by atoms with Crippen molar-refractivity contribution in [2.45, 2.75) is 58.1 Å². The van der Waals surface area contributed by atoms with Crippen LogP contribution in [0, 0.1) is 12.8 Å². The van der Waals surface area contributed by atoms with Crippen LogP contribution in [-0.4, -0.2) is 56.3 Å². The molecule has 0 bridgehead atoms. The topological polar surface area (TPSA) is 173 Å². The first-order valence-electron chi connectivity index (χ1n) is 14.9. The Morgan fingerprint density at radius 2 is 1.55 bits per heavy atom. The lowest BCUT2D eigenvalue weighted by Crippen LogP contribution is -2.44. The minimum atomic E-state index is -4.04. The summed E-state index contributed by atoms with van der Waals surface area (Å²) in [6.45, 7) is 10.7. The third kappa shape index (κ3) is 8.89. The number of ether oxygens (including phenoxy) is 2. The van der Waals surface area contributed by atoms with E-state index in [2.05, 4.69) is 15.4 Å². The Morgan fingerprint density at radius 1 is 0.936 bits per heavy atom. The molecule has 12 nitrogen and oxygen atoms in total. The Morgan fingerprint density at radius 3 is 2.13 bits per heavy atom. The van der Waals surface area contributed by atoms with Gasteiger partial charge in [0.05, 0.1) is 16.8 Å². The van der Waals surface area contributed by atoms with E-state index in [4.69, 9.17) is 13.9 Å². The molecule has 250 valence electrons. The maximum absolute atomic E-state index is 13.2. The molecule has 1 aromatic heterocycles. The van der Waals surface area contributed by atoms with Crippen LogP contribution in [0.2, 0.25) is 0 Å². The number of alkyl carbamates (subject to hydrolysis) is 1. The van der Waals surface area contributed by atoms with Crippen LogP contribution in [0.5, 0.6) is 5.75 Å². The number of hydrogen-bond donors (Lipinski definition) is 4. The van der Waals surface area contributed by atoms with Crippen molar-refractivity contribution in [3.63, 3.8) is 0 Å². The zero-order valence-electron chi connectivity index (χ0n) is 27.0. The standard InChI is InChI=1S/C34H39N3O9S/c1-20(2)29(32(39)40)37-47(42,43)25-16-12-23(13-17-25)22-10-14-24(15-11-22)36-31(38)30-21(3)28-26(8-7-9-27(28)45-30)44-19-18-35-33(41)46-34(4,5)6/h7-17,20,29,37H,18-19H2,1-6H3,(H,35,41)(H,36,38)(H,39,40). The Labute approximate surface area is 273 Å². The third-order valence-corrected chi connectivity index (χ3v) is 8.46. The Hall–Kier alpha value is -4.88. The molecule has 1 unspecified atom stereocenters. The van der Waals surface area contributed by atoms with Gasteiger partial charge in [0.2, 0.25) is 10.0 Å². The predicted octanol–water partition coefficient (Wildman–Crippen LogP) is 5.95. The van der Waals surface area contributed by atoms with Gasteiger partial charge in [-0.1, -0.05) is 44.2 Å². The fourth-order valence-electron chi connectivity index (χ4n) is 4.70. The third-order valence-electron chi connectivity index (χ3n) is 7.01. The second-order valence-electron chi connectivity index (χ2n) is 12.2. The first kappa shape index (κ1) is 35.0. The van der Waals surface area contributed by atoms with Crippen molar-refractivity contribution in [2.24, 2.45) is 5.92 Å². The van der Waals surface area contributed by atoms with E-state index in [-0.39, 0.29) is 23.8 Å². The van der Waals surface area contributed by atoms with Gasteiger partial charge in [-0.3, -0.25) is 9.59 Å². The number of anilines is 1. The molecule has 0 saturated carbocycles. The fourth-order valence-corrected chi connectivity index (χ4v) is 6.04. The molecule has 0 saturated heterocycles. The summed E-state index contributed by atoms with van der Waals surface area (Å²) in [5.41, 5.74) is 2.48. The molecule has 3 aromatic carbocycles. The van der Waals surface area contributed by atoms with E-state index in [1.54, 1.807) is 96.1 Å². The summed E-state index contributed by atoms with van der Waals surface area (Å²) < 4.78 is 44.7. The average Bonchev–Trinajstić information content (AvgIpc) is 3.34. The molecule has 0 aliphatic rings. The number of nitrogens with one attached hydrogen (secondary N) is 3. The second kappa shape index (κ2) is 14.3. The highest BCUT2D eigenvalue weighted by Gasteiger charge is 2.28. The Kier molecular flexibility index (Phi) is 10.6. The lowest BCUT2D eigenvalue weighted by molar-refractivity contribution is -0.140. The van der Waals surface area contributed by atoms with E-state index in [9.17, 15) is 27.9 Å². The van der Waals surface area contributed by atoms with Crippen molar-refractivity contribution >= 4 is 44.6 Å². The highest BCUT2D eigenvalue weighted by atomic mass is 32.2. The zero-order chi connectivity index (χ0) is 34.5. The van der Waals surface area contributed by atoms with Crippen LogP contribution in [0.4, 0.5) is 10.5 Å². The van der Waals surface area contributed by atoms with Crippen LogP contribution >= 0.6 is 0 Å². The Balaban J connectivity index is 1.40. The molecule has 2 amide bonds. The van der Waals surface area contributed by atoms with Gasteiger partial charge in [0.25, 0.3) is 5.91 Å². The molecular formula is C34H39N3O9S. The molecule has 0 radical (unpaired) electrons. The maximum Gasteiger partial charge on any atom is 0.407 e. The zero-order valence-corrected chi connectivity index (χ0v) is 27.9. The number of carbonyl (C=O) groups is 3. The van der Waals surface area contributed by atoms with Gasteiger partial charge in [0.1, 0.15) is 29.6 Å². The van der Waals surface area contributed by atoms with Crippen molar-refractivity contribution in [1.29, 1.82) is 0 Å². The largest absolute Gasteiger partial charge is 0.491 e. The van der Waals surface area contributed by atoms with E-state index in [0.717, 1.165) is 11.1 Å². The monoisotopic (exact) mass is 665 g/mol. The van der Waals surface area contributed by atoms with Crippen molar-refractivity contribution < 1.29 is 41.8 Å². The van der Waals surface area contributed by atoms with Crippen LogP contribution in [0.3, 0.4) is 0 Å². The van der Waals surface area contributed by atoms with Gasteiger partial charge in [0, 0.05) is 11.3 Å². The average molecular weight is 666 g/mol. The number of benzene rings is 3. The molecule has 1 atom stereocenters. The van der Waals surface area contributed by atoms with Gasteiger partial charge < -0.3 is 29.6 Å². The number of rotatable bonds is 12. The molecule has 1 heterocycles. The van der Waals surface area contributed by atoms with Crippen LogP contribution in [-0.2, 0) is 19.6 Å². The molecule has 13 heteroatoms. The lowest BCUT2D eigenvalue weighted by Gasteiger charge is -2.19. The first-order valence-corrected chi connectivity index (χ1v) is 16.4. The normalized spacial score (nSPS) is 12.5. The number of fused-ring (bicyclic) bond motifs is 1. The van der Waals surface area contributed by atoms with E-state index >= 15 is 0 Å². The number of amides is 2. The number of carbonyl (C=O) groups excluding carboxylic acids is 2. The van der Waals surface area contributed by atoms with Crippen molar-refractivity contribution in [3.05, 3.63) is 78.1 Å². The summed E-state index contributed by atoms with van der Waals surface area (Å²) in [4.78, 5) is 36.5. The molecule has 47 heavy (non-hydrogen) atoms. The number of aryl methyl sites for hydroxylation is 1. The van der Waals surface area contributed by atoms with Gasteiger partial charge in [-0.2, -0.15) is 4.72 Å². The van der Waals surface area contributed by atoms with Gasteiger partial charge in [0.15, 0.2) is 5.76 Å². The molecule has 0 aliphatic heterocycles. The van der Waals surface area contributed by atoms with Crippen LogP contribution < -0.4 is 20.1 Å². The van der Waals surface area contributed by atoms with E-state index in [0.29, 0.717) is 28.0 Å².